The van der Waals surface area contributed by atoms with Gasteiger partial charge in [-0.3, -0.25) is 14.5 Å². The predicted octanol–water partition coefficient (Wildman–Crippen LogP) is 3.95. The average molecular weight is 441 g/mol. The van der Waals surface area contributed by atoms with E-state index in [4.69, 9.17) is 14.2 Å². The standard InChI is InChI=1S/C23H28N4O5/c1-23(2,3)32-22(29)26-18-8-9-20-24-13-19(27(20)14-18)16-6-5-7-17(12-16)25-21(28)15-31-11-10-30-4/h5-9,12-14H,10-11,15H2,1-4H3,(H,25,28)(H,26,29). The summed E-state index contributed by atoms with van der Waals surface area (Å²) >= 11 is 0. The lowest BCUT2D eigenvalue weighted by Gasteiger charge is -2.19. The van der Waals surface area contributed by atoms with Crippen LogP contribution >= 0.6 is 0 Å². The third kappa shape index (κ3) is 6.53. The second-order valence-electron chi connectivity index (χ2n) is 8.09. The first kappa shape index (κ1) is 23.2. The first-order valence-corrected chi connectivity index (χ1v) is 10.2. The van der Waals surface area contributed by atoms with Crippen LogP contribution in [0, 0.1) is 0 Å². The number of hydrogen-bond donors (Lipinski definition) is 2. The molecule has 2 amide bonds. The van der Waals surface area contributed by atoms with Gasteiger partial charge in [0, 0.05) is 24.6 Å². The van der Waals surface area contributed by atoms with Gasteiger partial charge in [-0.05, 0) is 45.0 Å². The van der Waals surface area contributed by atoms with Gasteiger partial charge in [0.15, 0.2) is 0 Å². The van der Waals surface area contributed by atoms with E-state index in [1.54, 1.807) is 58.5 Å². The lowest BCUT2D eigenvalue weighted by Crippen LogP contribution is -2.27. The van der Waals surface area contributed by atoms with E-state index in [0.29, 0.717) is 24.6 Å². The van der Waals surface area contributed by atoms with Gasteiger partial charge < -0.3 is 19.5 Å². The summed E-state index contributed by atoms with van der Waals surface area (Å²) in [7, 11) is 1.58. The molecule has 0 spiro atoms. The van der Waals surface area contributed by atoms with Crippen molar-refractivity contribution in [1.82, 2.24) is 9.38 Å². The van der Waals surface area contributed by atoms with Gasteiger partial charge in [-0.25, -0.2) is 9.78 Å². The maximum atomic E-state index is 12.1. The van der Waals surface area contributed by atoms with Crippen LogP contribution in [0.5, 0.6) is 0 Å². The molecule has 9 heteroatoms. The zero-order valence-corrected chi connectivity index (χ0v) is 18.7. The molecule has 0 radical (unpaired) electrons. The highest BCUT2D eigenvalue weighted by Gasteiger charge is 2.17. The zero-order valence-electron chi connectivity index (χ0n) is 18.7. The molecule has 1 aromatic carbocycles. The molecule has 3 aromatic rings. The summed E-state index contributed by atoms with van der Waals surface area (Å²) in [6.45, 7) is 6.15. The third-order valence-electron chi connectivity index (χ3n) is 4.26. The SMILES string of the molecule is COCCOCC(=O)Nc1cccc(-c2cnc3ccc(NC(=O)OC(C)(C)C)cn23)c1. The minimum atomic E-state index is -0.589. The van der Waals surface area contributed by atoms with Crippen LogP contribution in [-0.2, 0) is 19.0 Å². The number of anilines is 2. The highest BCUT2D eigenvalue weighted by Crippen LogP contribution is 2.25. The van der Waals surface area contributed by atoms with E-state index in [1.165, 1.54) is 0 Å². The molecule has 2 N–H and O–H groups in total. The van der Waals surface area contributed by atoms with Crippen LogP contribution in [0.1, 0.15) is 20.8 Å². The number of rotatable bonds is 8. The number of nitrogens with zero attached hydrogens (tertiary/aromatic N) is 2. The molecule has 0 aliphatic heterocycles. The smallest absolute Gasteiger partial charge is 0.412 e. The molecule has 2 heterocycles. The van der Waals surface area contributed by atoms with Gasteiger partial charge in [0.25, 0.3) is 0 Å². The fourth-order valence-corrected chi connectivity index (χ4v) is 2.95. The Morgan fingerprint density at radius 3 is 2.62 bits per heavy atom. The fraction of sp³-hybridized carbons (Fsp3) is 0.348. The van der Waals surface area contributed by atoms with Gasteiger partial charge in [0.2, 0.25) is 5.91 Å². The van der Waals surface area contributed by atoms with E-state index in [9.17, 15) is 9.59 Å². The minimum Gasteiger partial charge on any atom is -0.444 e. The Bertz CT molecular complexity index is 1090. The average Bonchev–Trinajstić information content (AvgIpc) is 3.13. The van der Waals surface area contributed by atoms with E-state index in [0.717, 1.165) is 16.9 Å². The van der Waals surface area contributed by atoms with Crippen LogP contribution in [0.25, 0.3) is 16.9 Å². The third-order valence-corrected chi connectivity index (χ3v) is 4.26. The zero-order chi connectivity index (χ0) is 23.1. The number of nitrogens with one attached hydrogen (secondary N) is 2. The summed E-state index contributed by atoms with van der Waals surface area (Å²) < 4.78 is 17.3. The Hall–Kier alpha value is -3.43. The van der Waals surface area contributed by atoms with Crippen molar-refractivity contribution in [3.8, 4) is 11.3 Å². The number of amides is 2. The van der Waals surface area contributed by atoms with Crippen molar-refractivity contribution in [3.63, 3.8) is 0 Å². The molecule has 0 aliphatic rings. The van der Waals surface area contributed by atoms with E-state index in [1.807, 2.05) is 22.6 Å². The molecule has 0 aliphatic carbocycles. The molecule has 9 nitrogen and oxygen atoms in total. The van der Waals surface area contributed by atoms with Crippen molar-refractivity contribution >= 4 is 29.0 Å². The number of methoxy groups -OCH3 is 1. The molecule has 0 unspecified atom stereocenters. The van der Waals surface area contributed by atoms with Crippen LogP contribution in [0.2, 0.25) is 0 Å². The number of pyridine rings is 1. The van der Waals surface area contributed by atoms with E-state index < -0.39 is 11.7 Å². The number of fused-ring (bicyclic) bond motifs is 1. The topological polar surface area (TPSA) is 103 Å². The monoisotopic (exact) mass is 440 g/mol. The Kier molecular flexibility index (Phi) is 7.45. The van der Waals surface area contributed by atoms with Crippen molar-refractivity contribution in [1.29, 1.82) is 0 Å². The van der Waals surface area contributed by atoms with Crippen molar-refractivity contribution in [2.75, 3.05) is 37.6 Å². The molecule has 0 bridgehead atoms. The summed E-state index contributed by atoms with van der Waals surface area (Å²) in [6, 6.07) is 11.0. The summed E-state index contributed by atoms with van der Waals surface area (Å²) in [5, 5.41) is 5.56. The minimum absolute atomic E-state index is 0.0527. The van der Waals surface area contributed by atoms with Crippen molar-refractivity contribution in [3.05, 3.63) is 48.8 Å². The Labute approximate surface area is 186 Å². The van der Waals surface area contributed by atoms with Crippen LogP contribution in [-0.4, -0.2) is 53.9 Å². The summed E-state index contributed by atoms with van der Waals surface area (Å²) in [5.41, 5.74) is 3.00. The van der Waals surface area contributed by atoms with E-state index in [-0.39, 0.29) is 12.5 Å². The van der Waals surface area contributed by atoms with Crippen molar-refractivity contribution < 1.29 is 23.8 Å². The second kappa shape index (κ2) is 10.3. The summed E-state index contributed by atoms with van der Waals surface area (Å²) in [6.07, 6.45) is 2.98. The molecule has 3 rings (SSSR count). The highest BCUT2D eigenvalue weighted by molar-refractivity contribution is 5.92. The summed E-state index contributed by atoms with van der Waals surface area (Å²) in [5.74, 6) is -0.250. The molecular formula is C23H28N4O5. The van der Waals surface area contributed by atoms with Crippen LogP contribution in [0.3, 0.4) is 0 Å². The lowest BCUT2D eigenvalue weighted by molar-refractivity contribution is -0.121. The maximum absolute atomic E-state index is 12.1. The number of aromatic nitrogens is 2. The molecule has 0 atom stereocenters. The lowest BCUT2D eigenvalue weighted by atomic mass is 10.1. The predicted molar refractivity (Wildman–Crippen MR) is 122 cm³/mol. The van der Waals surface area contributed by atoms with Crippen molar-refractivity contribution in [2.45, 2.75) is 26.4 Å². The first-order chi connectivity index (χ1) is 15.2. The van der Waals surface area contributed by atoms with Crippen LogP contribution in [0.4, 0.5) is 16.2 Å². The molecule has 0 saturated heterocycles. The van der Waals surface area contributed by atoms with Crippen LogP contribution in [0.15, 0.2) is 48.8 Å². The van der Waals surface area contributed by atoms with Crippen molar-refractivity contribution in [2.24, 2.45) is 0 Å². The Morgan fingerprint density at radius 1 is 1.06 bits per heavy atom. The molecule has 2 aromatic heterocycles. The number of carbonyl (C=O) groups excluding carboxylic acids is 2. The molecular weight excluding hydrogens is 412 g/mol. The number of carbonyl (C=O) groups is 2. The van der Waals surface area contributed by atoms with Gasteiger partial charge >= 0.3 is 6.09 Å². The number of benzene rings is 1. The number of imidazole rings is 1. The normalized spacial score (nSPS) is 11.4. The number of hydrogen-bond acceptors (Lipinski definition) is 6. The van der Waals surface area contributed by atoms with Gasteiger partial charge in [-0.1, -0.05) is 12.1 Å². The van der Waals surface area contributed by atoms with E-state index >= 15 is 0 Å². The largest absolute Gasteiger partial charge is 0.444 e. The molecule has 0 fully saturated rings. The van der Waals surface area contributed by atoms with Crippen LogP contribution < -0.4 is 10.6 Å². The summed E-state index contributed by atoms with van der Waals surface area (Å²) in [4.78, 5) is 28.6. The molecule has 32 heavy (non-hydrogen) atoms. The molecule has 170 valence electrons. The first-order valence-electron chi connectivity index (χ1n) is 10.2. The van der Waals surface area contributed by atoms with Gasteiger partial charge in [0.05, 0.1) is 30.8 Å². The molecule has 0 saturated carbocycles. The Balaban J connectivity index is 1.75. The maximum Gasteiger partial charge on any atom is 0.412 e. The van der Waals surface area contributed by atoms with E-state index in [2.05, 4.69) is 15.6 Å². The Morgan fingerprint density at radius 2 is 1.88 bits per heavy atom. The quantitative estimate of drug-likeness (QED) is 0.514. The van der Waals surface area contributed by atoms with Gasteiger partial charge in [-0.2, -0.15) is 0 Å². The second-order valence-corrected chi connectivity index (χ2v) is 8.09. The van der Waals surface area contributed by atoms with Gasteiger partial charge in [0.1, 0.15) is 17.9 Å². The van der Waals surface area contributed by atoms with Gasteiger partial charge in [-0.15, -0.1) is 0 Å². The number of ether oxygens (including phenoxy) is 3. The fourth-order valence-electron chi connectivity index (χ4n) is 2.95. The highest BCUT2D eigenvalue weighted by atomic mass is 16.6.